The van der Waals surface area contributed by atoms with Crippen LogP contribution in [0.25, 0.3) is 15.0 Å². The Bertz CT molecular complexity index is 1400. The second-order valence-corrected chi connectivity index (χ2v) is 10.4. The largest absolute Gasteiger partial charge is 0.481 e. The molecule has 1 heterocycles. The van der Waals surface area contributed by atoms with Crippen LogP contribution < -0.4 is 4.74 Å². The molecule has 0 fully saturated rings. The molecule has 0 saturated carbocycles. The third kappa shape index (κ3) is 5.30. The molecule has 1 atom stereocenters. The van der Waals surface area contributed by atoms with Gasteiger partial charge in [-0.05, 0) is 63.1 Å². The molecule has 34 heavy (non-hydrogen) atoms. The van der Waals surface area contributed by atoms with Gasteiger partial charge in [0.05, 0.1) is 5.56 Å². The lowest BCUT2D eigenvalue weighted by Crippen LogP contribution is -2.29. The van der Waals surface area contributed by atoms with Crippen molar-refractivity contribution in [1.82, 2.24) is 0 Å². The minimum Gasteiger partial charge on any atom is -0.481 e. The molecular weight excluding hydrogens is 447 g/mol. The lowest BCUT2D eigenvalue weighted by molar-refractivity contribution is -0.154. The van der Waals surface area contributed by atoms with E-state index in [1.807, 2.05) is 13.8 Å². The molecule has 3 nitrogen and oxygen atoms in total. The topological polar surface area (TPSA) is 35.5 Å². The zero-order valence-electron chi connectivity index (χ0n) is 19.6. The van der Waals surface area contributed by atoms with Crippen molar-refractivity contribution < 1.29 is 18.7 Å². The number of rotatable bonds is 5. The fraction of sp³-hybridized carbons (Fsp3) is 0.207. The summed E-state index contributed by atoms with van der Waals surface area (Å²) in [7, 11) is -0.110. The summed E-state index contributed by atoms with van der Waals surface area (Å²) in [5, 5.41) is 3.49. The fourth-order valence-electron chi connectivity index (χ4n) is 3.75. The standard InChI is InChI=1S/C29H26FO3S/c1-20-17-24(34-16-14-23-10-6-8-12-26(23)34)18-21(2)28(20)32-19-27(31)33-29(3,4)15-13-22-9-5-7-11-25(22)30/h5-12,14,16-18H,19H2,1-4H3/q+1. The van der Waals surface area contributed by atoms with Crippen molar-refractivity contribution in [2.24, 2.45) is 0 Å². The maximum absolute atomic E-state index is 13.8. The maximum atomic E-state index is 13.8. The number of aryl methyl sites for hydroxylation is 2. The van der Waals surface area contributed by atoms with Crippen LogP contribution in [0.2, 0.25) is 0 Å². The van der Waals surface area contributed by atoms with E-state index >= 15 is 0 Å². The Morgan fingerprint density at radius 2 is 1.68 bits per heavy atom. The monoisotopic (exact) mass is 473 g/mol. The molecule has 0 aliphatic rings. The van der Waals surface area contributed by atoms with Gasteiger partial charge in [-0.3, -0.25) is 0 Å². The predicted molar refractivity (Wildman–Crippen MR) is 136 cm³/mol. The summed E-state index contributed by atoms with van der Waals surface area (Å²) in [6.07, 6.45) is 0. The van der Waals surface area contributed by atoms with Crippen LogP contribution in [0.15, 0.2) is 72.1 Å². The molecule has 4 rings (SSSR count). The molecule has 0 saturated heterocycles. The first kappa shape index (κ1) is 23.5. The summed E-state index contributed by atoms with van der Waals surface area (Å²) < 4.78 is 26.4. The summed E-state index contributed by atoms with van der Waals surface area (Å²) in [4.78, 5) is 13.7. The highest BCUT2D eigenvalue weighted by atomic mass is 32.2. The number of hydrogen-bond donors (Lipinski definition) is 0. The number of carbonyl (C=O) groups excluding carboxylic acids is 1. The lowest BCUT2D eigenvalue weighted by atomic mass is 10.1. The molecular formula is C29H26FO3S+. The fourth-order valence-corrected chi connectivity index (χ4v) is 5.82. The number of ether oxygens (including phenoxy) is 2. The first-order valence-corrected chi connectivity index (χ1v) is 12.3. The van der Waals surface area contributed by atoms with Crippen LogP contribution in [0.1, 0.15) is 30.5 Å². The molecule has 3 aromatic carbocycles. The molecule has 0 radical (unpaired) electrons. The van der Waals surface area contributed by atoms with Crippen molar-refractivity contribution in [2.75, 3.05) is 6.61 Å². The number of thiophene rings is 1. The van der Waals surface area contributed by atoms with Gasteiger partial charge in [-0.15, -0.1) is 0 Å². The van der Waals surface area contributed by atoms with Crippen LogP contribution in [0.5, 0.6) is 5.75 Å². The van der Waals surface area contributed by atoms with Gasteiger partial charge in [-0.25, -0.2) is 9.18 Å². The molecule has 172 valence electrons. The zero-order chi connectivity index (χ0) is 24.3. The van der Waals surface area contributed by atoms with Crippen LogP contribution in [0, 0.1) is 31.5 Å². The third-order valence-corrected chi connectivity index (χ3v) is 7.30. The first-order valence-electron chi connectivity index (χ1n) is 11.0. The van der Waals surface area contributed by atoms with Gasteiger partial charge in [-0.1, -0.05) is 36.1 Å². The molecule has 0 spiro atoms. The summed E-state index contributed by atoms with van der Waals surface area (Å²) in [5.41, 5.74) is 1.10. The van der Waals surface area contributed by atoms with Gasteiger partial charge < -0.3 is 9.47 Å². The van der Waals surface area contributed by atoms with Crippen LogP contribution in [0.3, 0.4) is 0 Å². The average Bonchev–Trinajstić information content (AvgIpc) is 3.22. The zero-order valence-corrected chi connectivity index (χ0v) is 20.5. The van der Waals surface area contributed by atoms with E-state index in [1.165, 1.54) is 21.0 Å². The highest BCUT2D eigenvalue weighted by Gasteiger charge is 2.22. The molecule has 1 aromatic heterocycles. The van der Waals surface area contributed by atoms with E-state index in [-0.39, 0.29) is 22.6 Å². The van der Waals surface area contributed by atoms with Crippen LogP contribution in [0.4, 0.5) is 4.39 Å². The van der Waals surface area contributed by atoms with Crippen LogP contribution in [-0.4, -0.2) is 18.2 Å². The summed E-state index contributed by atoms with van der Waals surface area (Å²) in [6, 6.07) is 21.0. The van der Waals surface area contributed by atoms with Gasteiger partial charge in [0.2, 0.25) is 0 Å². The predicted octanol–water partition coefficient (Wildman–Crippen LogP) is 7.09. The van der Waals surface area contributed by atoms with Gasteiger partial charge in [0.1, 0.15) is 16.9 Å². The molecule has 0 aliphatic carbocycles. The smallest absolute Gasteiger partial charge is 0.345 e. The quantitative estimate of drug-likeness (QED) is 0.176. The number of hydrogen-bond acceptors (Lipinski definition) is 3. The number of fused-ring (bicyclic) bond motifs is 1. The minimum absolute atomic E-state index is 0.110. The second kappa shape index (κ2) is 9.70. The Morgan fingerprint density at radius 3 is 2.41 bits per heavy atom. The Kier molecular flexibility index (Phi) is 6.72. The molecule has 0 aliphatic heterocycles. The van der Waals surface area contributed by atoms with E-state index in [4.69, 9.17) is 9.47 Å². The van der Waals surface area contributed by atoms with E-state index in [2.05, 4.69) is 59.7 Å². The maximum Gasteiger partial charge on any atom is 0.345 e. The lowest BCUT2D eigenvalue weighted by Gasteiger charge is -2.19. The van der Waals surface area contributed by atoms with Gasteiger partial charge >= 0.3 is 5.97 Å². The van der Waals surface area contributed by atoms with Crippen molar-refractivity contribution in [3.8, 4) is 22.5 Å². The van der Waals surface area contributed by atoms with E-state index in [0.717, 1.165) is 11.1 Å². The molecule has 1 unspecified atom stereocenters. The summed E-state index contributed by atoms with van der Waals surface area (Å²) >= 11 is 0. The van der Waals surface area contributed by atoms with Gasteiger partial charge in [-0.2, -0.15) is 0 Å². The number of halogens is 1. The van der Waals surface area contributed by atoms with E-state index in [9.17, 15) is 9.18 Å². The van der Waals surface area contributed by atoms with Gasteiger partial charge in [0.25, 0.3) is 0 Å². The number of esters is 1. The van der Waals surface area contributed by atoms with Crippen molar-refractivity contribution in [3.63, 3.8) is 0 Å². The van der Waals surface area contributed by atoms with Crippen molar-refractivity contribution in [2.45, 2.75) is 33.3 Å². The van der Waals surface area contributed by atoms with Crippen LogP contribution >= 0.6 is 10.5 Å². The Morgan fingerprint density at radius 1 is 1.00 bits per heavy atom. The highest BCUT2D eigenvalue weighted by molar-refractivity contribution is 7.43. The van der Waals surface area contributed by atoms with Crippen molar-refractivity contribution >= 4 is 26.5 Å². The minimum atomic E-state index is -1.08. The number of benzene rings is 3. The average molecular weight is 474 g/mol. The Balaban J connectivity index is 1.44. The summed E-state index contributed by atoms with van der Waals surface area (Å²) in [5.74, 6) is 5.29. The summed E-state index contributed by atoms with van der Waals surface area (Å²) in [6.45, 7) is 7.06. The van der Waals surface area contributed by atoms with E-state index in [0.29, 0.717) is 5.75 Å². The molecule has 0 N–H and O–H groups in total. The van der Waals surface area contributed by atoms with Crippen molar-refractivity contribution in [1.29, 1.82) is 0 Å². The van der Waals surface area contributed by atoms with Crippen LogP contribution in [-0.2, 0) is 9.53 Å². The van der Waals surface area contributed by atoms with E-state index in [1.54, 1.807) is 32.0 Å². The Labute approximate surface area is 202 Å². The van der Waals surface area contributed by atoms with Crippen molar-refractivity contribution in [3.05, 3.63) is 94.6 Å². The van der Waals surface area contributed by atoms with Gasteiger partial charge in [0, 0.05) is 34.1 Å². The van der Waals surface area contributed by atoms with Gasteiger partial charge in [0.15, 0.2) is 21.8 Å². The molecule has 0 bridgehead atoms. The number of carbonyl (C=O) groups is 1. The Hall–Kier alpha value is -3.62. The molecule has 4 aromatic rings. The molecule has 5 heteroatoms. The third-order valence-electron chi connectivity index (χ3n) is 5.30. The molecule has 0 amide bonds. The second-order valence-electron chi connectivity index (χ2n) is 8.57. The SMILES string of the molecule is Cc1cc(-[s+]2ccc3ccccc32)cc(C)c1OCC(=O)OC(C)(C)C#Cc1ccccc1F. The highest BCUT2D eigenvalue weighted by Crippen LogP contribution is 2.42. The normalized spacial score (nSPS) is 11.6. The van der Waals surface area contributed by atoms with E-state index < -0.39 is 17.4 Å². The first-order chi connectivity index (χ1) is 16.2.